The van der Waals surface area contributed by atoms with Gasteiger partial charge in [-0.3, -0.25) is 9.18 Å². The first kappa shape index (κ1) is 28.1. The Kier molecular flexibility index (Phi) is 8.25. The zero-order valence-corrected chi connectivity index (χ0v) is 22.7. The Morgan fingerprint density at radius 3 is 2.30 bits per heavy atom. The molecule has 0 amide bonds. The quantitative estimate of drug-likeness (QED) is 0.215. The van der Waals surface area contributed by atoms with Gasteiger partial charge in [0.25, 0.3) is 10.0 Å². The van der Waals surface area contributed by atoms with E-state index in [0.29, 0.717) is 16.5 Å². The number of aromatic nitrogens is 1. The molecule has 0 atom stereocenters. The number of hydrogen-bond acceptors (Lipinski definition) is 7. The molecule has 196 valence electrons. The zero-order chi connectivity index (χ0) is 27.5. The van der Waals surface area contributed by atoms with Gasteiger partial charge in [0.05, 0.1) is 28.6 Å². The van der Waals surface area contributed by atoms with E-state index >= 15 is 0 Å². The molecule has 3 rings (SSSR count). The molecule has 11 heteroatoms. The lowest BCUT2D eigenvalue weighted by Gasteiger charge is -2.14. The summed E-state index contributed by atoms with van der Waals surface area (Å²) >= 11 is 0. The summed E-state index contributed by atoms with van der Waals surface area (Å²) in [6.07, 6.45) is 1.17. The minimum absolute atomic E-state index is 0.0718. The van der Waals surface area contributed by atoms with Gasteiger partial charge in [-0.1, -0.05) is 17.7 Å². The van der Waals surface area contributed by atoms with Gasteiger partial charge >= 0.3 is 0 Å². The van der Waals surface area contributed by atoms with Crippen molar-refractivity contribution in [2.24, 2.45) is 0 Å². The minimum Gasteiger partial charge on any atom is -0.382 e. The maximum absolute atomic E-state index is 13.8. The van der Waals surface area contributed by atoms with Crippen molar-refractivity contribution in [3.63, 3.8) is 0 Å². The number of rotatable bonds is 10. The highest BCUT2D eigenvalue weighted by atomic mass is 32.2. The maximum Gasteiger partial charge on any atom is 0.268 e. The number of carbonyl (C=O) groups is 1. The molecule has 2 aromatic carbocycles. The van der Waals surface area contributed by atoms with E-state index in [1.165, 1.54) is 35.4 Å². The number of aryl methyl sites for hydroxylation is 2. The number of sulfone groups is 1. The summed E-state index contributed by atoms with van der Waals surface area (Å²) in [5, 5.41) is 9.98. The molecule has 0 aliphatic heterocycles. The Labute approximate surface area is 216 Å². The van der Waals surface area contributed by atoms with Crippen LogP contribution in [0, 0.1) is 25.2 Å². The molecule has 0 saturated heterocycles. The lowest BCUT2D eigenvalue weighted by Crippen LogP contribution is -2.20. The third-order valence-electron chi connectivity index (χ3n) is 5.72. The van der Waals surface area contributed by atoms with Gasteiger partial charge in [0.1, 0.15) is 17.3 Å². The van der Waals surface area contributed by atoms with Crippen molar-refractivity contribution in [2.75, 3.05) is 26.5 Å². The molecule has 0 aliphatic rings. The van der Waals surface area contributed by atoms with E-state index < -0.39 is 38.1 Å². The van der Waals surface area contributed by atoms with E-state index in [4.69, 9.17) is 0 Å². The molecule has 0 fully saturated rings. The van der Waals surface area contributed by atoms with Gasteiger partial charge in [-0.05, 0) is 61.7 Å². The van der Waals surface area contributed by atoms with Crippen molar-refractivity contribution >= 4 is 36.5 Å². The van der Waals surface area contributed by atoms with Crippen LogP contribution in [0.15, 0.2) is 59.1 Å². The Bertz CT molecular complexity index is 1630. The van der Waals surface area contributed by atoms with Crippen LogP contribution in [0.2, 0.25) is 0 Å². The summed E-state index contributed by atoms with van der Waals surface area (Å²) in [6.45, 7) is 2.72. The number of ketones is 1. The molecule has 3 aromatic rings. The second kappa shape index (κ2) is 10.9. The van der Waals surface area contributed by atoms with Crippen molar-refractivity contribution in [3.8, 4) is 6.07 Å². The van der Waals surface area contributed by atoms with Crippen molar-refractivity contribution in [1.29, 1.82) is 5.26 Å². The number of Topliss-reactive ketones (excluding diaryl/α,β-unsaturated/α-hetero) is 1. The molecular weight excluding hydrogens is 517 g/mol. The molecule has 0 saturated carbocycles. The van der Waals surface area contributed by atoms with Crippen LogP contribution in [-0.2, 0) is 25.6 Å². The number of alkyl halides is 1. The number of benzene rings is 2. The highest BCUT2D eigenvalue weighted by Gasteiger charge is 2.29. The van der Waals surface area contributed by atoms with Gasteiger partial charge < -0.3 is 4.90 Å². The number of allylic oxidation sites excluding steroid dienone is 1. The molecule has 0 aliphatic carbocycles. The predicted molar refractivity (Wildman–Crippen MR) is 140 cm³/mol. The maximum atomic E-state index is 13.8. The van der Waals surface area contributed by atoms with Gasteiger partial charge in [0.2, 0.25) is 5.78 Å². The Morgan fingerprint density at radius 1 is 1.08 bits per heavy atom. The van der Waals surface area contributed by atoms with Crippen LogP contribution in [0.25, 0.3) is 10.9 Å². The summed E-state index contributed by atoms with van der Waals surface area (Å²) in [5.41, 5.74) is 1.34. The molecule has 0 radical (unpaired) electrons. The first-order chi connectivity index (χ1) is 17.3. The number of carbonyl (C=O) groups excluding carboxylic acids is 1. The molecule has 1 heterocycles. The number of hydrogen-bond donors (Lipinski definition) is 0. The van der Waals surface area contributed by atoms with E-state index in [-0.39, 0.29) is 33.9 Å². The summed E-state index contributed by atoms with van der Waals surface area (Å²) in [4.78, 5) is 14.8. The van der Waals surface area contributed by atoms with Crippen LogP contribution in [0.4, 0.5) is 4.39 Å². The van der Waals surface area contributed by atoms with Gasteiger partial charge in [-0.2, -0.15) is 5.26 Å². The first-order valence-corrected chi connectivity index (χ1v) is 14.6. The van der Waals surface area contributed by atoms with Gasteiger partial charge in [-0.25, -0.2) is 20.8 Å². The van der Waals surface area contributed by atoms with Crippen LogP contribution >= 0.6 is 0 Å². The topological polar surface area (TPSA) is 117 Å². The standard InChI is InChI=1S/C26H28FN3O5S2/c1-18-6-8-23(9-7-18)37(34,35)30-24-14-21(17-36(32,33)11-5-10-27)19(2)12-20(24)13-25(30)26(31)22(15-28)16-29(3)4/h6-9,12-14,16H,5,10-11,17H2,1-4H3/b22-16+. The molecule has 0 unspecified atom stereocenters. The number of fused-ring (bicyclic) bond motifs is 1. The SMILES string of the molecule is Cc1ccc(S(=O)(=O)n2c(C(=O)/C(C#N)=C/N(C)C)cc3cc(C)c(CS(=O)(=O)CCCF)cc32)cc1. The highest BCUT2D eigenvalue weighted by Crippen LogP contribution is 2.30. The smallest absolute Gasteiger partial charge is 0.268 e. The third kappa shape index (κ3) is 6.09. The predicted octanol–water partition coefficient (Wildman–Crippen LogP) is 3.92. The second-order valence-electron chi connectivity index (χ2n) is 9.03. The normalized spacial score (nSPS) is 12.5. The molecule has 37 heavy (non-hydrogen) atoms. The minimum atomic E-state index is -4.33. The summed E-state index contributed by atoms with van der Waals surface area (Å²) < 4.78 is 66.2. The fourth-order valence-electron chi connectivity index (χ4n) is 3.90. The van der Waals surface area contributed by atoms with Gasteiger partial charge in [-0.15, -0.1) is 0 Å². The van der Waals surface area contributed by atoms with Crippen LogP contribution < -0.4 is 0 Å². The van der Waals surface area contributed by atoms with Gasteiger partial charge in [0, 0.05) is 25.7 Å². The van der Waals surface area contributed by atoms with Crippen molar-refractivity contribution in [1.82, 2.24) is 8.87 Å². The van der Waals surface area contributed by atoms with Crippen LogP contribution in [0.1, 0.15) is 33.6 Å². The summed E-state index contributed by atoms with van der Waals surface area (Å²) in [7, 11) is -4.73. The van der Waals surface area contributed by atoms with E-state index in [0.717, 1.165) is 9.54 Å². The van der Waals surface area contributed by atoms with Crippen LogP contribution in [0.3, 0.4) is 0 Å². The fourth-order valence-corrected chi connectivity index (χ4v) is 6.88. The van der Waals surface area contributed by atoms with Crippen LogP contribution in [0.5, 0.6) is 0 Å². The molecule has 0 bridgehead atoms. The van der Waals surface area contributed by atoms with E-state index in [2.05, 4.69) is 0 Å². The Balaban J connectivity index is 2.33. The average molecular weight is 546 g/mol. The summed E-state index contributed by atoms with van der Waals surface area (Å²) in [6, 6.07) is 12.3. The lowest BCUT2D eigenvalue weighted by atomic mass is 10.1. The molecule has 0 spiro atoms. The lowest BCUT2D eigenvalue weighted by molar-refractivity contribution is 0.103. The Hall–Kier alpha value is -3.49. The van der Waals surface area contributed by atoms with E-state index in [9.17, 15) is 31.3 Å². The average Bonchev–Trinajstić information content (AvgIpc) is 3.20. The largest absolute Gasteiger partial charge is 0.382 e. The van der Waals surface area contributed by atoms with E-state index in [1.807, 2.05) is 6.07 Å². The second-order valence-corrected chi connectivity index (χ2v) is 13.0. The number of nitrogens with zero attached hydrogens (tertiary/aromatic N) is 3. The fraction of sp³-hybridized carbons (Fsp3) is 0.308. The number of nitriles is 1. The van der Waals surface area contributed by atoms with Gasteiger partial charge in [0.15, 0.2) is 9.84 Å². The number of halogens is 1. The first-order valence-electron chi connectivity index (χ1n) is 11.4. The van der Waals surface area contributed by atoms with Crippen molar-refractivity contribution in [3.05, 3.63) is 76.6 Å². The zero-order valence-electron chi connectivity index (χ0n) is 21.0. The monoisotopic (exact) mass is 545 g/mol. The molecular formula is C26H28FN3O5S2. The Morgan fingerprint density at radius 2 is 1.73 bits per heavy atom. The summed E-state index contributed by atoms with van der Waals surface area (Å²) in [5.74, 6) is -1.54. The molecule has 8 nitrogen and oxygen atoms in total. The van der Waals surface area contributed by atoms with Crippen molar-refractivity contribution in [2.45, 2.75) is 30.9 Å². The highest BCUT2D eigenvalue weighted by molar-refractivity contribution is 7.90. The van der Waals surface area contributed by atoms with E-state index in [1.54, 1.807) is 46.1 Å². The van der Waals surface area contributed by atoms with Crippen molar-refractivity contribution < 1.29 is 26.0 Å². The molecule has 1 aromatic heterocycles. The third-order valence-corrected chi connectivity index (χ3v) is 9.13. The van der Waals surface area contributed by atoms with Crippen LogP contribution in [-0.4, -0.2) is 58.0 Å². The molecule has 0 N–H and O–H groups in total.